The van der Waals surface area contributed by atoms with Gasteiger partial charge in [-0.05, 0) is 51.7 Å². The zero-order valence-electron chi connectivity index (χ0n) is 14.8. The van der Waals surface area contributed by atoms with Gasteiger partial charge in [-0.3, -0.25) is 4.79 Å². The molecule has 0 spiro atoms. The van der Waals surface area contributed by atoms with Crippen LogP contribution >= 0.6 is 11.3 Å². The average Bonchev–Trinajstić information content (AvgIpc) is 3.27. The number of rotatable bonds is 5. The van der Waals surface area contributed by atoms with Crippen LogP contribution in [0.2, 0.25) is 0 Å². The van der Waals surface area contributed by atoms with E-state index in [1.54, 1.807) is 30.9 Å². The molecule has 3 heterocycles. The number of thiophene rings is 1. The first-order valence-electron chi connectivity index (χ1n) is 8.80. The lowest BCUT2D eigenvalue weighted by Gasteiger charge is -2.33. The summed E-state index contributed by atoms with van der Waals surface area (Å²) in [5.41, 5.74) is -0.925. The van der Waals surface area contributed by atoms with Crippen molar-refractivity contribution in [2.75, 3.05) is 19.6 Å². The Morgan fingerprint density at radius 1 is 1.24 bits per heavy atom. The van der Waals surface area contributed by atoms with Crippen LogP contribution in [0.3, 0.4) is 0 Å². The van der Waals surface area contributed by atoms with Gasteiger partial charge < -0.3 is 10.0 Å². The van der Waals surface area contributed by atoms with Crippen LogP contribution < -0.4 is 0 Å². The Morgan fingerprint density at radius 2 is 1.92 bits per heavy atom. The van der Waals surface area contributed by atoms with Crippen molar-refractivity contribution < 1.29 is 18.3 Å². The molecule has 2 fully saturated rings. The summed E-state index contributed by atoms with van der Waals surface area (Å²) in [5, 5.41) is 10.3. The van der Waals surface area contributed by atoms with Gasteiger partial charge in [0.1, 0.15) is 4.21 Å². The van der Waals surface area contributed by atoms with Crippen molar-refractivity contribution >= 4 is 27.3 Å². The number of amides is 1. The largest absolute Gasteiger partial charge is 0.388 e. The number of nitrogens with zero attached hydrogens (tertiary/aromatic N) is 2. The molecule has 2 saturated heterocycles. The van der Waals surface area contributed by atoms with Gasteiger partial charge in [-0.1, -0.05) is 0 Å². The van der Waals surface area contributed by atoms with Crippen molar-refractivity contribution in [2.24, 2.45) is 0 Å². The Bertz CT molecular complexity index is 730. The number of hydrogen-bond acceptors (Lipinski definition) is 5. The quantitative estimate of drug-likeness (QED) is 0.838. The number of likely N-dealkylation sites (tertiary alicyclic amines) is 1. The number of sulfonamides is 1. The van der Waals surface area contributed by atoms with Gasteiger partial charge in [0.25, 0.3) is 10.0 Å². The monoisotopic (exact) mass is 386 g/mol. The van der Waals surface area contributed by atoms with Gasteiger partial charge in [-0.15, -0.1) is 11.3 Å². The average molecular weight is 387 g/mol. The zero-order valence-corrected chi connectivity index (χ0v) is 16.4. The molecule has 1 atom stereocenters. The zero-order chi connectivity index (χ0) is 18.2. The SMILES string of the molecule is CC(C)(O)C1CCCN1C(=O)Cc1ccc(S(=O)(=O)N2CCCC2)s1. The summed E-state index contributed by atoms with van der Waals surface area (Å²) >= 11 is 1.18. The molecule has 25 heavy (non-hydrogen) atoms. The van der Waals surface area contributed by atoms with Crippen molar-refractivity contribution in [3.05, 3.63) is 17.0 Å². The maximum absolute atomic E-state index is 12.6. The van der Waals surface area contributed by atoms with Gasteiger partial charge in [0.15, 0.2) is 0 Å². The van der Waals surface area contributed by atoms with Crippen molar-refractivity contribution in [2.45, 2.75) is 61.8 Å². The van der Waals surface area contributed by atoms with Crippen molar-refractivity contribution in [1.82, 2.24) is 9.21 Å². The second kappa shape index (κ2) is 6.98. The Balaban J connectivity index is 1.70. The molecule has 2 aliphatic rings. The summed E-state index contributed by atoms with van der Waals surface area (Å²) in [4.78, 5) is 15.1. The van der Waals surface area contributed by atoms with Crippen molar-refractivity contribution in [1.29, 1.82) is 0 Å². The summed E-state index contributed by atoms with van der Waals surface area (Å²) in [5.74, 6) is -0.0448. The molecule has 1 unspecified atom stereocenters. The molecule has 6 nitrogen and oxygen atoms in total. The molecule has 1 amide bonds. The van der Waals surface area contributed by atoms with Gasteiger partial charge in [0.2, 0.25) is 5.91 Å². The van der Waals surface area contributed by atoms with E-state index in [1.807, 2.05) is 0 Å². The van der Waals surface area contributed by atoms with E-state index in [1.165, 1.54) is 15.6 Å². The Labute approximate surface area is 153 Å². The van der Waals surface area contributed by atoms with Crippen LogP contribution in [0.15, 0.2) is 16.3 Å². The number of carbonyl (C=O) groups is 1. The second-order valence-corrected chi connectivity index (χ2v) is 10.7. The first-order chi connectivity index (χ1) is 11.7. The minimum atomic E-state index is -3.42. The number of aliphatic hydroxyl groups is 1. The normalized spacial score (nSPS) is 22.7. The van der Waals surface area contributed by atoms with E-state index in [4.69, 9.17) is 0 Å². The Morgan fingerprint density at radius 3 is 2.56 bits per heavy atom. The maximum Gasteiger partial charge on any atom is 0.252 e. The van der Waals surface area contributed by atoms with E-state index in [2.05, 4.69) is 0 Å². The van der Waals surface area contributed by atoms with Crippen LogP contribution in [0.4, 0.5) is 0 Å². The molecule has 8 heteroatoms. The maximum atomic E-state index is 12.6. The topological polar surface area (TPSA) is 77.9 Å². The van der Waals surface area contributed by atoms with E-state index in [9.17, 15) is 18.3 Å². The summed E-state index contributed by atoms with van der Waals surface area (Å²) in [6.45, 7) is 5.27. The van der Waals surface area contributed by atoms with E-state index >= 15 is 0 Å². The fraction of sp³-hybridized carbons (Fsp3) is 0.706. The van der Waals surface area contributed by atoms with Crippen molar-refractivity contribution in [3.8, 4) is 0 Å². The predicted molar refractivity (Wildman–Crippen MR) is 97.0 cm³/mol. The molecule has 1 aromatic rings. The minimum absolute atomic E-state index is 0.0448. The molecular formula is C17H26N2O4S2. The first-order valence-corrected chi connectivity index (χ1v) is 11.1. The molecular weight excluding hydrogens is 360 g/mol. The van der Waals surface area contributed by atoms with Gasteiger partial charge in [0.05, 0.1) is 18.1 Å². The van der Waals surface area contributed by atoms with Gasteiger partial charge >= 0.3 is 0 Å². The lowest BCUT2D eigenvalue weighted by molar-refractivity contribution is -0.135. The van der Waals surface area contributed by atoms with E-state index < -0.39 is 15.6 Å². The van der Waals surface area contributed by atoms with Gasteiger partial charge in [0, 0.05) is 24.5 Å². The first kappa shape index (κ1) is 18.8. The third-order valence-corrected chi connectivity index (χ3v) is 8.46. The predicted octanol–water partition coefficient (Wildman–Crippen LogP) is 1.84. The third-order valence-electron chi connectivity index (χ3n) is 5.01. The Kier molecular flexibility index (Phi) is 5.26. The smallest absolute Gasteiger partial charge is 0.252 e. The lowest BCUT2D eigenvalue weighted by Crippen LogP contribution is -2.48. The van der Waals surface area contributed by atoms with Crippen molar-refractivity contribution in [3.63, 3.8) is 0 Å². The third kappa shape index (κ3) is 3.92. The fourth-order valence-corrected chi connectivity index (χ4v) is 6.72. The Hall–Kier alpha value is -0.960. The lowest BCUT2D eigenvalue weighted by atomic mass is 9.96. The fourth-order valence-electron chi connectivity index (χ4n) is 3.70. The summed E-state index contributed by atoms with van der Waals surface area (Å²) in [6.07, 6.45) is 3.69. The molecule has 3 rings (SSSR count). The molecule has 140 valence electrons. The van der Waals surface area contributed by atoms with Crippen LogP contribution in [-0.4, -0.2) is 59.9 Å². The van der Waals surface area contributed by atoms with E-state index in [0.29, 0.717) is 23.8 Å². The molecule has 0 saturated carbocycles. The van der Waals surface area contributed by atoms with E-state index in [-0.39, 0.29) is 18.4 Å². The molecule has 1 aromatic heterocycles. The molecule has 2 aliphatic heterocycles. The summed E-state index contributed by atoms with van der Waals surface area (Å²) in [6, 6.07) is 3.17. The van der Waals surface area contributed by atoms with Gasteiger partial charge in [-0.2, -0.15) is 4.31 Å². The highest BCUT2D eigenvalue weighted by atomic mass is 32.2. The number of carbonyl (C=O) groups excluding carboxylic acids is 1. The molecule has 0 aromatic carbocycles. The van der Waals surface area contributed by atoms with E-state index in [0.717, 1.165) is 30.6 Å². The van der Waals surface area contributed by atoms with Crippen LogP contribution in [-0.2, 0) is 21.2 Å². The highest BCUT2D eigenvalue weighted by molar-refractivity contribution is 7.91. The summed E-state index contributed by atoms with van der Waals surface area (Å²) < 4.78 is 27.0. The standard InChI is InChI=1S/C17H26N2O4S2/c1-17(2,21)14-6-5-11-19(14)15(20)12-13-7-8-16(24-13)25(22,23)18-9-3-4-10-18/h7-8,14,21H,3-6,9-12H2,1-2H3. The van der Waals surface area contributed by atoms with Crippen LogP contribution in [0.5, 0.6) is 0 Å². The van der Waals surface area contributed by atoms with Crippen LogP contribution in [0, 0.1) is 0 Å². The minimum Gasteiger partial charge on any atom is -0.388 e. The second-order valence-electron chi connectivity index (χ2n) is 7.41. The highest BCUT2D eigenvalue weighted by Gasteiger charge is 2.38. The van der Waals surface area contributed by atoms with Gasteiger partial charge in [-0.25, -0.2) is 8.42 Å². The molecule has 0 bridgehead atoms. The number of hydrogen-bond donors (Lipinski definition) is 1. The van der Waals surface area contributed by atoms with Crippen LogP contribution in [0.25, 0.3) is 0 Å². The summed E-state index contributed by atoms with van der Waals surface area (Å²) in [7, 11) is -3.42. The molecule has 1 N–H and O–H groups in total. The molecule has 0 aliphatic carbocycles. The molecule has 0 radical (unpaired) electrons. The highest BCUT2D eigenvalue weighted by Crippen LogP contribution is 2.30. The van der Waals surface area contributed by atoms with Crippen LogP contribution in [0.1, 0.15) is 44.4 Å².